The maximum absolute atomic E-state index is 10.3. The van der Waals surface area contributed by atoms with E-state index in [0.29, 0.717) is 6.42 Å². The Bertz CT molecular complexity index is 320. The lowest BCUT2D eigenvalue weighted by atomic mass is 10.1. The summed E-state index contributed by atoms with van der Waals surface area (Å²) in [6, 6.07) is 1.97. The van der Waals surface area contributed by atoms with E-state index in [2.05, 4.69) is 17.7 Å². The van der Waals surface area contributed by atoms with Crippen LogP contribution in [0.1, 0.15) is 25.3 Å². The maximum Gasteiger partial charge on any atom is 0.303 e. The van der Waals surface area contributed by atoms with Crippen molar-refractivity contribution in [2.75, 3.05) is 0 Å². The first-order valence-corrected chi connectivity index (χ1v) is 5.24. The van der Waals surface area contributed by atoms with Crippen molar-refractivity contribution < 1.29 is 9.90 Å². The van der Waals surface area contributed by atoms with Crippen molar-refractivity contribution in [1.82, 2.24) is 4.57 Å². The van der Waals surface area contributed by atoms with Gasteiger partial charge in [0, 0.05) is 31.4 Å². The Balaban J connectivity index is 2.36. The molecule has 1 heterocycles. The van der Waals surface area contributed by atoms with Crippen LogP contribution in [0.2, 0.25) is 0 Å². The normalized spacial score (nSPS) is 12.7. The fourth-order valence-corrected chi connectivity index (χ4v) is 1.52. The van der Waals surface area contributed by atoms with Crippen molar-refractivity contribution >= 4 is 5.97 Å². The van der Waals surface area contributed by atoms with Gasteiger partial charge in [0.25, 0.3) is 0 Å². The van der Waals surface area contributed by atoms with Gasteiger partial charge in [-0.3, -0.25) is 4.79 Å². The molecule has 4 nitrogen and oxygen atoms in total. The van der Waals surface area contributed by atoms with E-state index in [0.717, 1.165) is 13.0 Å². The van der Waals surface area contributed by atoms with Crippen LogP contribution in [0.4, 0.5) is 0 Å². The van der Waals surface area contributed by atoms with E-state index in [1.807, 2.05) is 12.3 Å². The van der Waals surface area contributed by atoms with E-state index in [4.69, 9.17) is 10.8 Å². The van der Waals surface area contributed by atoms with E-state index in [9.17, 15) is 4.79 Å². The molecule has 84 valence electrons. The number of rotatable bonds is 6. The number of carboxylic acid groups (broad SMARTS) is 1. The molecular weight excluding hydrogens is 192 g/mol. The van der Waals surface area contributed by atoms with Gasteiger partial charge in [-0.2, -0.15) is 0 Å². The fraction of sp³-hybridized carbons (Fsp3) is 0.545. The predicted octanol–water partition coefficient (Wildman–Crippen LogP) is 1.24. The van der Waals surface area contributed by atoms with Gasteiger partial charge in [-0.1, -0.05) is 0 Å². The van der Waals surface area contributed by atoms with Gasteiger partial charge in [0.1, 0.15) is 0 Å². The molecule has 0 radical (unpaired) electrons. The maximum atomic E-state index is 10.3. The smallest absolute Gasteiger partial charge is 0.303 e. The highest BCUT2D eigenvalue weighted by molar-refractivity contribution is 5.66. The first-order valence-electron chi connectivity index (χ1n) is 5.24. The zero-order valence-electron chi connectivity index (χ0n) is 9.02. The Morgan fingerprint density at radius 2 is 2.40 bits per heavy atom. The van der Waals surface area contributed by atoms with Crippen molar-refractivity contribution in [1.29, 1.82) is 0 Å². The van der Waals surface area contributed by atoms with Crippen molar-refractivity contribution in [2.24, 2.45) is 5.73 Å². The van der Waals surface area contributed by atoms with Crippen molar-refractivity contribution in [3.05, 3.63) is 24.0 Å². The molecule has 1 atom stereocenters. The van der Waals surface area contributed by atoms with E-state index in [1.54, 1.807) is 0 Å². The summed E-state index contributed by atoms with van der Waals surface area (Å²) in [4.78, 5) is 10.3. The highest BCUT2D eigenvalue weighted by Gasteiger charge is 2.07. The van der Waals surface area contributed by atoms with Gasteiger partial charge in [0.2, 0.25) is 0 Å². The molecular formula is C11H18N2O2. The largest absolute Gasteiger partial charge is 0.481 e. The second-order valence-corrected chi connectivity index (χ2v) is 3.75. The van der Waals surface area contributed by atoms with Gasteiger partial charge in [-0.05, 0) is 31.4 Å². The number of carboxylic acids is 1. The van der Waals surface area contributed by atoms with Crippen molar-refractivity contribution in [3.8, 4) is 0 Å². The van der Waals surface area contributed by atoms with Gasteiger partial charge in [0.05, 0.1) is 0 Å². The number of hydrogen-bond donors (Lipinski definition) is 2. The molecule has 0 bridgehead atoms. The Labute approximate surface area is 89.7 Å². The van der Waals surface area contributed by atoms with Crippen LogP contribution in [0, 0.1) is 0 Å². The highest BCUT2D eigenvalue weighted by atomic mass is 16.4. The first-order chi connectivity index (χ1) is 7.11. The quantitative estimate of drug-likeness (QED) is 0.742. The third kappa shape index (κ3) is 4.16. The lowest BCUT2D eigenvalue weighted by Crippen LogP contribution is -2.23. The van der Waals surface area contributed by atoms with Crippen molar-refractivity contribution in [3.63, 3.8) is 0 Å². The summed E-state index contributed by atoms with van der Waals surface area (Å²) in [5, 5.41) is 8.51. The van der Waals surface area contributed by atoms with Crippen LogP contribution in [-0.2, 0) is 17.8 Å². The number of aryl methyl sites for hydroxylation is 1. The summed E-state index contributed by atoms with van der Waals surface area (Å²) in [5.74, 6) is -0.781. The number of aromatic nitrogens is 1. The molecule has 0 aliphatic carbocycles. The molecule has 0 aliphatic rings. The molecule has 0 amide bonds. The second kappa shape index (κ2) is 5.56. The number of nitrogens with two attached hydrogens (primary N) is 1. The fourth-order valence-electron chi connectivity index (χ4n) is 1.52. The zero-order chi connectivity index (χ0) is 11.3. The molecule has 15 heavy (non-hydrogen) atoms. The number of hydrogen-bond acceptors (Lipinski definition) is 2. The summed E-state index contributed by atoms with van der Waals surface area (Å²) < 4.78 is 2.08. The van der Waals surface area contributed by atoms with E-state index >= 15 is 0 Å². The minimum absolute atomic E-state index is 0.0613. The Morgan fingerprint density at radius 1 is 1.67 bits per heavy atom. The molecule has 1 unspecified atom stereocenters. The molecule has 3 N–H and O–H groups in total. The van der Waals surface area contributed by atoms with Gasteiger partial charge in [-0.25, -0.2) is 0 Å². The van der Waals surface area contributed by atoms with Crippen LogP contribution in [-0.4, -0.2) is 21.7 Å². The first kappa shape index (κ1) is 11.8. The van der Waals surface area contributed by atoms with Crippen LogP contribution in [0.5, 0.6) is 0 Å². The molecule has 0 aliphatic heterocycles. The number of nitrogens with zero attached hydrogens (tertiary/aromatic N) is 1. The number of aliphatic carboxylic acids is 1. The molecule has 0 aromatic carbocycles. The van der Waals surface area contributed by atoms with E-state index in [1.165, 1.54) is 5.56 Å². The minimum Gasteiger partial charge on any atom is -0.481 e. The van der Waals surface area contributed by atoms with Crippen LogP contribution in [0.25, 0.3) is 0 Å². The average molecular weight is 210 g/mol. The molecule has 4 heteroatoms. The molecule has 0 saturated carbocycles. The van der Waals surface area contributed by atoms with E-state index < -0.39 is 5.97 Å². The van der Waals surface area contributed by atoms with Gasteiger partial charge >= 0.3 is 5.97 Å². The molecule has 0 spiro atoms. The topological polar surface area (TPSA) is 68.2 Å². The van der Waals surface area contributed by atoms with Gasteiger partial charge in [-0.15, -0.1) is 0 Å². The van der Waals surface area contributed by atoms with Crippen LogP contribution in [0.3, 0.4) is 0 Å². The Morgan fingerprint density at radius 3 is 2.93 bits per heavy atom. The molecule has 0 fully saturated rings. The summed E-state index contributed by atoms with van der Waals surface area (Å²) >= 11 is 0. The number of carbonyl (C=O) groups is 1. The minimum atomic E-state index is -0.781. The summed E-state index contributed by atoms with van der Waals surface area (Å²) in [5.41, 5.74) is 7.01. The third-order valence-electron chi connectivity index (χ3n) is 2.40. The van der Waals surface area contributed by atoms with Crippen LogP contribution < -0.4 is 5.73 Å². The highest BCUT2D eigenvalue weighted by Crippen LogP contribution is 2.07. The lowest BCUT2D eigenvalue weighted by Gasteiger charge is -2.08. The predicted molar refractivity (Wildman–Crippen MR) is 58.7 cm³/mol. The third-order valence-corrected chi connectivity index (χ3v) is 2.40. The monoisotopic (exact) mass is 210 g/mol. The van der Waals surface area contributed by atoms with Gasteiger partial charge < -0.3 is 15.4 Å². The standard InChI is InChI=1S/C11H18N2O2/c1-2-13-6-5-9(8-13)7-10(12)3-4-11(14)15/h5-6,8,10H,2-4,7,12H2,1H3,(H,14,15). The Hall–Kier alpha value is -1.29. The summed E-state index contributed by atoms with van der Waals surface area (Å²) in [6.07, 6.45) is 5.50. The zero-order valence-corrected chi connectivity index (χ0v) is 9.02. The van der Waals surface area contributed by atoms with E-state index in [-0.39, 0.29) is 12.5 Å². The SMILES string of the molecule is CCn1ccc(CC(N)CCC(=O)O)c1. The average Bonchev–Trinajstić information content (AvgIpc) is 2.62. The summed E-state index contributed by atoms with van der Waals surface area (Å²) in [7, 11) is 0. The summed E-state index contributed by atoms with van der Waals surface area (Å²) in [6.45, 7) is 3.03. The van der Waals surface area contributed by atoms with Gasteiger partial charge in [0.15, 0.2) is 0 Å². The van der Waals surface area contributed by atoms with Crippen LogP contribution in [0.15, 0.2) is 18.5 Å². The lowest BCUT2D eigenvalue weighted by molar-refractivity contribution is -0.137. The second-order valence-electron chi connectivity index (χ2n) is 3.75. The van der Waals surface area contributed by atoms with Crippen LogP contribution >= 0.6 is 0 Å². The molecule has 1 aromatic rings. The Kier molecular flexibility index (Phi) is 4.37. The molecule has 1 aromatic heterocycles. The molecule has 1 rings (SSSR count). The van der Waals surface area contributed by atoms with Crippen molar-refractivity contribution in [2.45, 2.75) is 38.8 Å². The molecule has 0 saturated heterocycles.